The number of aromatic nitrogens is 6. The Morgan fingerprint density at radius 1 is 0.220 bits per heavy atom. The number of nitrogens with zero attached hydrogens (tertiary/aromatic N) is 6. The minimum atomic E-state index is -0.0261. The highest BCUT2D eigenvalue weighted by atomic mass is 16.3. The topological polar surface area (TPSA) is 104 Å². The summed E-state index contributed by atoms with van der Waals surface area (Å²) in [6.45, 7) is 0. The number of benzene rings is 11. The lowest BCUT2D eigenvalue weighted by atomic mass is 9.61. The van der Waals surface area contributed by atoms with Crippen molar-refractivity contribution in [3.05, 3.63) is 288 Å². The standard InChI is InChI=1S/C74H44N6O2/c1-3-17-43(18-4-1)69-75-71(47-23-13-21-45(39-47)51-29-15-33-63-67(51)57-27-9-11-31-61(57)81-63)79-73(77-69)49-35-37-55-59(41-49)65-53-25-7-8-26-54(53)66(55)60-42-50(36-38-56(60)65)74-78-70(44-19-5-2-6-20-44)76-72(80-74)48-24-14-22-46(40-48)52-30-16-34-64-68(52)58-28-10-12-32-62(58)82-64/h1-42,65-66H. The molecule has 0 spiro atoms. The molecular formula is C74H44N6O2. The van der Waals surface area contributed by atoms with Gasteiger partial charge in [-0.2, -0.15) is 0 Å². The summed E-state index contributed by atoms with van der Waals surface area (Å²) in [7, 11) is 0. The largest absolute Gasteiger partial charge is 0.456 e. The molecule has 2 bridgehead atoms. The Kier molecular flexibility index (Phi) is 10.3. The molecular weight excluding hydrogens is 1000 g/mol. The Bertz CT molecular complexity index is 4770. The Labute approximate surface area is 470 Å². The number of furan rings is 2. The van der Waals surface area contributed by atoms with Crippen molar-refractivity contribution in [2.75, 3.05) is 0 Å². The van der Waals surface area contributed by atoms with Crippen molar-refractivity contribution in [3.63, 3.8) is 0 Å². The molecule has 3 aliphatic rings. The van der Waals surface area contributed by atoms with Gasteiger partial charge >= 0.3 is 0 Å². The van der Waals surface area contributed by atoms with Crippen LogP contribution in [0.25, 0.3) is 134 Å². The first kappa shape index (κ1) is 46.0. The number of fused-ring (bicyclic) bond motifs is 6. The second-order valence-electron chi connectivity index (χ2n) is 21.2. The van der Waals surface area contributed by atoms with Crippen molar-refractivity contribution in [3.8, 4) is 90.6 Å². The van der Waals surface area contributed by atoms with Gasteiger partial charge in [0.1, 0.15) is 22.3 Å². The van der Waals surface area contributed by atoms with Gasteiger partial charge in [-0.3, -0.25) is 0 Å². The number of hydrogen-bond acceptors (Lipinski definition) is 8. The van der Waals surface area contributed by atoms with Gasteiger partial charge in [0.25, 0.3) is 0 Å². The Morgan fingerprint density at radius 3 is 0.976 bits per heavy atom. The molecule has 8 heteroatoms. The van der Waals surface area contributed by atoms with Crippen molar-refractivity contribution in [1.82, 2.24) is 29.9 Å². The van der Waals surface area contributed by atoms with Crippen molar-refractivity contribution in [2.45, 2.75) is 11.8 Å². The molecule has 0 radical (unpaired) electrons. The van der Waals surface area contributed by atoms with Crippen molar-refractivity contribution in [2.24, 2.45) is 0 Å². The fourth-order valence-electron chi connectivity index (χ4n) is 12.9. The van der Waals surface area contributed by atoms with Crippen molar-refractivity contribution >= 4 is 43.9 Å². The van der Waals surface area contributed by atoms with E-state index in [2.05, 4.69) is 182 Å². The predicted molar refractivity (Wildman–Crippen MR) is 326 cm³/mol. The zero-order valence-corrected chi connectivity index (χ0v) is 43.9. The van der Waals surface area contributed by atoms with Crippen LogP contribution in [0.4, 0.5) is 0 Å². The fourth-order valence-corrected chi connectivity index (χ4v) is 12.9. The summed E-state index contributed by atoms with van der Waals surface area (Å²) in [5.74, 6) is 3.60. The zero-order chi connectivity index (χ0) is 53.8. The van der Waals surface area contributed by atoms with E-state index in [1.54, 1.807) is 0 Å². The number of hydrogen-bond donors (Lipinski definition) is 0. The molecule has 11 aromatic carbocycles. The summed E-state index contributed by atoms with van der Waals surface area (Å²) < 4.78 is 12.6. The van der Waals surface area contributed by atoms with E-state index in [9.17, 15) is 0 Å². The van der Waals surface area contributed by atoms with Gasteiger partial charge in [-0.15, -0.1) is 0 Å². The first-order valence-electron chi connectivity index (χ1n) is 27.6. The van der Waals surface area contributed by atoms with E-state index < -0.39 is 0 Å². The predicted octanol–water partition coefficient (Wildman–Crippen LogP) is 18.2. The van der Waals surface area contributed by atoms with Gasteiger partial charge in [0.2, 0.25) is 0 Å². The van der Waals surface area contributed by atoms with Crippen LogP contribution >= 0.6 is 0 Å². The summed E-state index contributed by atoms with van der Waals surface area (Å²) in [4.78, 5) is 31.5. The molecule has 0 aliphatic heterocycles. The lowest BCUT2D eigenvalue weighted by molar-refractivity contribution is 0.668. The Balaban J connectivity index is 0.769. The second-order valence-corrected chi connectivity index (χ2v) is 21.2. The molecule has 0 amide bonds. The average Bonchev–Trinajstić information content (AvgIpc) is 1.51. The van der Waals surface area contributed by atoms with E-state index in [1.807, 2.05) is 72.8 Å². The van der Waals surface area contributed by atoms with Gasteiger partial charge in [0, 0.05) is 66.8 Å². The smallest absolute Gasteiger partial charge is 0.164 e. The van der Waals surface area contributed by atoms with Gasteiger partial charge in [-0.1, -0.05) is 206 Å². The van der Waals surface area contributed by atoms with Crippen LogP contribution in [-0.2, 0) is 0 Å². The molecule has 8 nitrogen and oxygen atoms in total. The molecule has 2 atom stereocenters. The molecule has 0 N–H and O–H groups in total. The lowest BCUT2D eigenvalue weighted by Crippen LogP contribution is -2.27. The quantitative estimate of drug-likeness (QED) is 0.148. The van der Waals surface area contributed by atoms with E-state index in [0.29, 0.717) is 34.9 Å². The van der Waals surface area contributed by atoms with E-state index in [4.69, 9.17) is 38.7 Å². The Hall–Kier alpha value is -11.0. The fraction of sp³-hybridized carbons (Fsp3) is 0.0270. The third kappa shape index (κ3) is 7.38. The van der Waals surface area contributed by atoms with Crippen LogP contribution in [0.3, 0.4) is 0 Å². The number of rotatable bonds is 8. The molecule has 382 valence electrons. The van der Waals surface area contributed by atoms with Gasteiger partial charge in [0.05, 0.1) is 0 Å². The summed E-state index contributed by atoms with van der Waals surface area (Å²) in [6, 6.07) is 88.8. The minimum absolute atomic E-state index is 0.0261. The third-order valence-electron chi connectivity index (χ3n) is 16.6. The monoisotopic (exact) mass is 1050 g/mol. The maximum Gasteiger partial charge on any atom is 0.164 e. The lowest BCUT2D eigenvalue weighted by Gasteiger charge is -2.42. The SMILES string of the molecule is c1ccc(-c2nc(-c3cccc(-c4cccc5oc6ccccc6c45)c3)nc(-c3ccc4c(c3)C3c5ccccc5C4c4cc(-c5nc(-c6ccccc6)nc(-c6cccc(-c7cccc8oc9ccccc9c78)c6)n5)ccc43)n2)cc1. The highest BCUT2D eigenvalue weighted by Gasteiger charge is 2.42. The van der Waals surface area contributed by atoms with Crippen LogP contribution in [-0.4, -0.2) is 29.9 Å². The van der Waals surface area contributed by atoms with E-state index >= 15 is 0 Å². The maximum atomic E-state index is 6.30. The van der Waals surface area contributed by atoms with Crippen LogP contribution in [0, 0.1) is 0 Å². The third-order valence-corrected chi connectivity index (χ3v) is 16.6. The summed E-state index contributed by atoms with van der Waals surface area (Å²) in [6.07, 6.45) is 0. The van der Waals surface area contributed by atoms with Crippen molar-refractivity contribution in [1.29, 1.82) is 0 Å². The van der Waals surface area contributed by atoms with Gasteiger partial charge in [-0.05, 0) is 104 Å². The molecule has 15 aromatic rings. The molecule has 18 rings (SSSR count). The highest BCUT2D eigenvalue weighted by Crippen LogP contribution is 2.57. The van der Waals surface area contributed by atoms with Crippen LogP contribution in [0.1, 0.15) is 45.2 Å². The van der Waals surface area contributed by atoms with E-state index in [0.717, 1.165) is 99.5 Å². The summed E-state index contributed by atoms with van der Waals surface area (Å²) in [5.41, 5.74) is 20.8. The molecule has 4 heterocycles. The molecule has 4 aromatic heterocycles. The first-order chi connectivity index (χ1) is 40.6. The zero-order valence-electron chi connectivity index (χ0n) is 43.9. The highest BCUT2D eigenvalue weighted by molar-refractivity contribution is 6.13. The van der Waals surface area contributed by atoms with Gasteiger partial charge in [0.15, 0.2) is 34.9 Å². The summed E-state index contributed by atoms with van der Waals surface area (Å²) in [5, 5.41) is 4.34. The van der Waals surface area contributed by atoms with Gasteiger partial charge < -0.3 is 8.83 Å². The maximum absolute atomic E-state index is 6.30. The van der Waals surface area contributed by atoms with Crippen LogP contribution < -0.4 is 0 Å². The molecule has 82 heavy (non-hydrogen) atoms. The van der Waals surface area contributed by atoms with Crippen LogP contribution in [0.2, 0.25) is 0 Å². The molecule has 2 unspecified atom stereocenters. The van der Waals surface area contributed by atoms with Crippen LogP contribution in [0.15, 0.2) is 264 Å². The Morgan fingerprint density at radius 2 is 0.537 bits per heavy atom. The van der Waals surface area contributed by atoms with E-state index in [-0.39, 0.29) is 11.8 Å². The first-order valence-corrected chi connectivity index (χ1v) is 27.6. The molecule has 3 aliphatic carbocycles. The second kappa shape index (κ2) is 18.3. The summed E-state index contributed by atoms with van der Waals surface area (Å²) >= 11 is 0. The van der Waals surface area contributed by atoms with Gasteiger partial charge in [-0.25, -0.2) is 29.9 Å². The van der Waals surface area contributed by atoms with E-state index in [1.165, 1.54) is 33.4 Å². The van der Waals surface area contributed by atoms with Crippen LogP contribution in [0.5, 0.6) is 0 Å². The minimum Gasteiger partial charge on any atom is -0.456 e. The van der Waals surface area contributed by atoms with Crippen molar-refractivity contribution < 1.29 is 8.83 Å². The molecule has 0 saturated carbocycles. The number of para-hydroxylation sites is 2. The average molecular weight is 1050 g/mol. The molecule has 0 fully saturated rings. The normalized spacial score (nSPS) is 14.1. The molecule has 0 saturated heterocycles.